The Labute approximate surface area is 222 Å². The first-order valence-electron chi connectivity index (χ1n) is 12.6. The van der Waals surface area contributed by atoms with Crippen LogP contribution >= 0.6 is 0 Å². The lowest BCUT2D eigenvalue weighted by Crippen LogP contribution is -2.57. The van der Waals surface area contributed by atoms with Gasteiger partial charge >= 0.3 is 6.09 Å². The van der Waals surface area contributed by atoms with E-state index >= 15 is 0 Å². The van der Waals surface area contributed by atoms with E-state index in [0.717, 1.165) is 36.2 Å². The van der Waals surface area contributed by atoms with Crippen molar-refractivity contribution in [1.82, 2.24) is 10.6 Å². The smallest absolute Gasteiger partial charge is 0.407 e. The number of hydrogen-bond donors (Lipinski definition) is 3. The van der Waals surface area contributed by atoms with E-state index in [0.29, 0.717) is 13.0 Å². The largest absolute Gasteiger partial charge is 0.444 e. The number of carbonyl (C=O) groups is 1. The minimum atomic E-state index is -4.23. The molecule has 12 heteroatoms. The molecule has 0 aromatic heterocycles. The number of sulfone groups is 1. The highest BCUT2D eigenvalue weighted by molar-refractivity contribution is 7.92. The van der Waals surface area contributed by atoms with E-state index in [4.69, 9.17) is 9.47 Å². The van der Waals surface area contributed by atoms with Crippen LogP contribution in [0.25, 0.3) is 0 Å². The van der Waals surface area contributed by atoms with Crippen LogP contribution < -0.4 is 10.6 Å². The number of alkyl carbamates (subject to hydrolysis) is 1. The molecular weight excluding hydrogens is 514 g/mol. The monoisotopic (exact) mass is 549 g/mol. The molecule has 1 fully saturated rings. The molecule has 38 heavy (non-hydrogen) atoms. The van der Waals surface area contributed by atoms with Crippen molar-refractivity contribution in [1.29, 1.82) is 0 Å². The number of ether oxygens (including phenoxy) is 2. The van der Waals surface area contributed by atoms with Crippen molar-refractivity contribution in [2.75, 3.05) is 19.8 Å². The Morgan fingerprint density at radius 2 is 1.87 bits per heavy atom. The number of carbonyl (C=O) groups excluding carboxylic acids is 1. The van der Waals surface area contributed by atoms with Crippen molar-refractivity contribution >= 4 is 21.6 Å². The summed E-state index contributed by atoms with van der Waals surface area (Å²) in [6, 6.07) is 12.5. The van der Waals surface area contributed by atoms with Crippen LogP contribution in [0.3, 0.4) is 0 Å². The summed E-state index contributed by atoms with van der Waals surface area (Å²) in [5.41, 5.74) is 0.516. The van der Waals surface area contributed by atoms with Gasteiger partial charge in [-0.3, -0.25) is 15.4 Å². The van der Waals surface area contributed by atoms with Gasteiger partial charge in [0.15, 0.2) is 9.84 Å². The van der Waals surface area contributed by atoms with Crippen molar-refractivity contribution in [2.45, 2.75) is 61.6 Å². The Bertz CT molecular complexity index is 1150. The molecule has 3 rings (SSSR count). The molecule has 1 aliphatic rings. The van der Waals surface area contributed by atoms with Gasteiger partial charge in [-0.15, -0.1) is 0 Å². The second-order valence-corrected chi connectivity index (χ2v) is 11.8. The van der Waals surface area contributed by atoms with Crippen LogP contribution in [0.5, 0.6) is 0 Å². The summed E-state index contributed by atoms with van der Waals surface area (Å²) < 4.78 is 38.2. The van der Waals surface area contributed by atoms with Crippen LogP contribution in [0.15, 0.2) is 59.5 Å². The number of rotatable bonds is 12. The van der Waals surface area contributed by atoms with Gasteiger partial charge in [0.2, 0.25) is 0 Å². The standard InChI is InChI=1S/C26H35N3O8S/c1-18(2)16-27-25(38(34,35)22-12-10-20(11-13-22)29(32)33)24(30)23(15-19-7-4-3-5-8-19)28-26(31)37-21-9-6-14-36-17-21/h3-5,7-8,10-13,18,21,23-25,27,30H,6,9,14-17H2,1-2H3,(H,28,31)/t21-,23-,24-,25?/m0/s1. The van der Waals surface area contributed by atoms with Gasteiger partial charge in [0.05, 0.1) is 22.5 Å². The molecule has 2 aromatic carbocycles. The van der Waals surface area contributed by atoms with E-state index in [2.05, 4.69) is 10.6 Å². The zero-order chi connectivity index (χ0) is 27.7. The molecule has 1 unspecified atom stereocenters. The predicted molar refractivity (Wildman–Crippen MR) is 140 cm³/mol. The lowest BCUT2D eigenvalue weighted by atomic mass is 10.0. The fourth-order valence-corrected chi connectivity index (χ4v) is 5.83. The van der Waals surface area contributed by atoms with E-state index in [-0.39, 0.29) is 36.1 Å². The number of amides is 1. The lowest BCUT2D eigenvalue weighted by molar-refractivity contribution is -0.384. The van der Waals surface area contributed by atoms with Crippen LogP contribution in [0, 0.1) is 16.0 Å². The van der Waals surface area contributed by atoms with E-state index in [1.54, 1.807) is 12.1 Å². The maximum Gasteiger partial charge on any atom is 0.407 e. The Morgan fingerprint density at radius 3 is 2.45 bits per heavy atom. The summed E-state index contributed by atoms with van der Waals surface area (Å²) in [6.07, 6.45) is -1.28. The molecule has 0 bridgehead atoms. The average molecular weight is 550 g/mol. The molecule has 3 N–H and O–H groups in total. The number of nitro benzene ring substituents is 1. The van der Waals surface area contributed by atoms with Gasteiger partial charge in [-0.2, -0.15) is 0 Å². The number of aliphatic hydroxyl groups is 1. The van der Waals surface area contributed by atoms with Crippen molar-refractivity contribution in [3.63, 3.8) is 0 Å². The van der Waals surface area contributed by atoms with Crippen LogP contribution in [0.1, 0.15) is 32.3 Å². The third kappa shape index (κ3) is 8.22. The normalized spacial score (nSPS) is 18.4. The highest BCUT2D eigenvalue weighted by atomic mass is 32.2. The van der Waals surface area contributed by atoms with E-state index in [1.165, 1.54) is 0 Å². The molecule has 1 aliphatic heterocycles. The van der Waals surface area contributed by atoms with Crippen molar-refractivity contribution in [3.8, 4) is 0 Å². The summed E-state index contributed by atoms with van der Waals surface area (Å²) in [5.74, 6) is 0.0496. The average Bonchev–Trinajstić information content (AvgIpc) is 2.89. The molecule has 0 spiro atoms. The number of aliphatic hydroxyl groups excluding tert-OH is 1. The lowest BCUT2D eigenvalue weighted by Gasteiger charge is -2.32. The summed E-state index contributed by atoms with van der Waals surface area (Å²) in [6.45, 7) is 4.90. The van der Waals surface area contributed by atoms with Gasteiger partial charge in [0.1, 0.15) is 17.6 Å². The second kappa shape index (κ2) is 13.7. The Balaban J connectivity index is 1.90. The molecule has 11 nitrogen and oxygen atoms in total. The van der Waals surface area contributed by atoms with Crippen LogP contribution in [0.4, 0.5) is 10.5 Å². The molecule has 1 amide bonds. The zero-order valence-corrected chi connectivity index (χ0v) is 22.3. The highest BCUT2D eigenvalue weighted by Crippen LogP contribution is 2.23. The quantitative estimate of drug-likeness (QED) is 0.267. The molecule has 2 aromatic rings. The number of nitrogens with zero attached hydrogens (tertiary/aromatic N) is 1. The maximum absolute atomic E-state index is 13.7. The number of nitro groups is 1. The number of hydrogen-bond acceptors (Lipinski definition) is 9. The van der Waals surface area contributed by atoms with Crippen molar-refractivity contribution in [2.24, 2.45) is 5.92 Å². The SMILES string of the molecule is CC(C)CNC([C@@H](O)[C@H](Cc1ccccc1)NC(=O)O[C@H]1CCCOC1)S(=O)(=O)c1ccc([N+](=O)[O-])cc1. The van der Waals surface area contributed by atoms with Gasteiger partial charge in [-0.25, -0.2) is 13.2 Å². The molecule has 0 radical (unpaired) electrons. The van der Waals surface area contributed by atoms with Gasteiger partial charge in [-0.05, 0) is 49.4 Å². The fourth-order valence-electron chi connectivity index (χ4n) is 4.15. The number of non-ortho nitro benzene ring substituents is 1. The minimum absolute atomic E-state index is 0.0496. The van der Waals surface area contributed by atoms with E-state index < -0.39 is 44.5 Å². The Kier molecular flexibility index (Phi) is 10.6. The third-order valence-corrected chi connectivity index (χ3v) is 8.20. The highest BCUT2D eigenvalue weighted by Gasteiger charge is 2.39. The fraction of sp³-hybridized carbons (Fsp3) is 0.500. The van der Waals surface area contributed by atoms with E-state index in [9.17, 15) is 28.4 Å². The van der Waals surface area contributed by atoms with Crippen LogP contribution in [0.2, 0.25) is 0 Å². The maximum atomic E-state index is 13.7. The molecular formula is C26H35N3O8S. The molecule has 0 aliphatic carbocycles. The van der Waals surface area contributed by atoms with Gasteiger partial charge < -0.3 is 19.9 Å². The van der Waals surface area contributed by atoms with Crippen molar-refractivity contribution in [3.05, 3.63) is 70.3 Å². The first-order valence-corrected chi connectivity index (χ1v) is 14.1. The third-order valence-electron chi connectivity index (χ3n) is 6.15. The first kappa shape index (κ1) is 29.5. The van der Waals surface area contributed by atoms with Gasteiger partial charge in [-0.1, -0.05) is 44.2 Å². The second-order valence-electron chi connectivity index (χ2n) is 9.69. The summed E-state index contributed by atoms with van der Waals surface area (Å²) >= 11 is 0. The first-order chi connectivity index (χ1) is 18.1. The predicted octanol–water partition coefficient (Wildman–Crippen LogP) is 2.82. The van der Waals surface area contributed by atoms with Gasteiger partial charge in [0, 0.05) is 18.7 Å². The molecule has 1 saturated heterocycles. The number of benzene rings is 2. The number of nitrogens with one attached hydrogen (secondary N) is 2. The van der Waals surface area contributed by atoms with Crippen molar-refractivity contribution < 1.29 is 32.7 Å². The summed E-state index contributed by atoms with van der Waals surface area (Å²) in [5, 5.41) is 26.6. The Hall–Kier alpha value is -3.06. The van der Waals surface area contributed by atoms with E-state index in [1.807, 2.05) is 32.0 Å². The molecule has 208 valence electrons. The van der Waals surface area contributed by atoms with Gasteiger partial charge in [0.25, 0.3) is 5.69 Å². The molecule has 1 heterocycles. The topological polar surface area (TPSA) is 157 Å². The van der Waals surface area contributed by atoms with Crippen LogP contribution in [-0.2, 0) is 25.7 Å². The summed E-state index contributed by atoms with van der Waals surface area (Å²) in [4.78, 5) is 23.0. The molecule has 0 saturated carbocycles. The Morgan fingerprint density at radius 1 is 1.18 bits per heavy atom. The van der Waals surface area contributed by atoms with Crippen LogP contribution in [-0.4, -0.2) is 67.9 Å². The minimum Gasteiger partial charge on any atom is -0.444 e. The summed E-state index contributed by atoms with van der Waals surface area (Å²) in [7, 11) is -4.23. The molecule has 4 atom stereocenters. The zero-order valence-electron chi connectivity index (χ0n) is 21.5.